The summed E-state index contributed by atoms with van der Waals surface area (Å²) < 4.78 is 3.17. The van der Waals surface area contributed by atoms with Crippen molar-refractivity contribution in [1.82, 2.24) is 0 Å². The highest BCUT2D eigenvalue weighted by Gasteiger charge is 2.06. The Bertz CT molecular complexity index is 401. The number of rotatable bonds is 1. The van der Waals surface area contributed by atoms with Crippen LogP contribution < -0.4 is 5.73 Å². The minimum absolute atomic E-state index is 0.187. The standard InChI is InChI=1S/C9H9N3OS/c1-6-4-2-3-5-7(6)8(13)11-9(10)12-14/h2-5H,1H3,(H2,10,11,13). The quantitative estimate of drug-likeness (QED) is 0.555. The van der Waals surface area contributed by atoms with Gasteiger partial charge in [0.15, 0.2) is 0 Å². The summed E-state index contributed by atoms with van der Waals surface area (Å²) in [6.07, 6.45) is 0. The van der Waals surface area contributed by atoms with Crippen molar-refractivity contribution in [3.05, 3.63) is 35.4 Å². The third-order valence-electron chi connectivity index (χ3n) is 1.69. The summed E-state index contributed by atoms with van der Waals surface area (Å²) in [4.78, 5) is 15.0. The lowest BCUT2D eigenvalue weighted by Crippen LogP contribution is -2.11. The van der Waals surface area contributed by atoms with Crippen molar-refractivity contribution in [2.24, 2.45) is 15.1 Å². The molecule has 0 saturated carbocycles. The highest BCUT2D eigenvalue weighted by atomic mass is 32.1. The van der Waals surface area contributed by atoms with Crippen LogP contribution in [0.5, 0.6) is 0 Å². The molecule has 4 nitrogen and oxygen atoms in total. The van der Waals surface area contributed by atoms with E-state index in [0.29, 0.717) is 5.56 Å². The van der Waals surface area contributed by atoms with Crippen molar-refractivity contribution in [3.63, 3.8) is 0 Å². The number of aliphatic imine (C=N–C) groups is 1. The molecule has 1 aromatic rings. The zero-order valence-corrected chi connectivity index (χ0v) is 8.41. The Morgan fingerprint density at radius 3 is 2.64 bits per heavy atom. The Balaban J connectivity index is 3.02. The van der Waals surface area contributed by atoms with Crippen LogP contribution in [-0.2, 0) is 12.4 Å². The fourth-order valence-corrected chi connectivity index (χ4v) is 1.04. The van der Waals surface area contributed by atoms with Gasteiger partial charge in [-0.05, 0) is 18.6 Å². The van der Waals surface area contributed by atoms with Gasteiger partial charge in [0.1, 0.15) is 0 Å². The Hall–Kier alpha value is -1.62. The predicted molar refractivity (Wildman–Crippen MR) is 56.9 cm³/mol. The maximum atomic E-state index is 11.5. The molecule has 14 heavy (non-hydrogen) atoms. The molecule has 1 rings (SSSR count). The highest BCUT2D eigenvalue weighted by molar-refractivity contribution is 7.47. The number of benzene rings is 1. The van der Waals surface area contributed by atoms with Crippen LogP contribution in [0, 0.1) is 6.92 Å². The van der Waals surface area contributed by atoms with Crippen LogP contribution in [0.3, 0.4) is 0 Å². The molecule has 0 aliphatic carbocycles. The van der Waals surface area contributed by atoms with Crippen LogP contribution in [0.1, 0.15) is 15.9 Å². The second-order valence-electron chi connectivity index (χ2n) is 2.68. The number of nitrogens with two attached hydrogens (primary N) is 1. The van der Waals surface area contributed by atoms with Gasteiger partial charge in [-0.25, -0.2) is 0 Å². The second kappa shape index (κ2) is 4.57. The molecule has 2 N–H and O–H groups in total. The fourth-order valence-electron chi connectivity index (χ4n) is 0.998. The van der Waals surface area contributed by atoms with Crippen LogP contribution in [-0.4, -0.2) is 11.9 Å². The van der Waals surface area contributed by atoms with Gasteiger partial charge in [-0.3, -0.25) is 4.79 Å². The van der Waals surface area contributed by atoms with E-state index in [0.717, 1.165) is 5.56 Å². The van der Waals surface area contributed by atoms with Crippen molar-refractivity contribution >= 4 is 24.3 Å². The molecule has 0 fully saturated rings. The van der Waals surface area contributed by atoms with Gasteiger partial charge in [-0.2, -0.15) is 4.99 Å². The Kier molecular flexibility index (Phi) is 3.41. The zero-order chi connectivity index (χ0) is 10.6. The van der Waals surface area contributed by atoms with Crippen LogP contribution >= 0.6 is 0 Å². The molecule has 0 unspecified atom stereocenters. The van der Waals surface area contributed by atoms with E-state index in [9.17, 15) is 4.79 Å². The van der Waals surface area contributed by atoms with Crippen LogP contribution in [0.15, 0.2) is 33.6 Å². The first kappa shape index (κ1) is 10.5. The maximum absolute atomic E-state index is 11.5. The summed E-state index contributed by atoms with van der Waals surface area (Å²) in [6, 6.07) is 7.11. The monoisotopic (exact) mass is 207 g/mol. The predicted octanol–water partition coefficient (Wildman–Crippen LogP) is 1.18. The number of hydrogen-bond donors (Lipinski definition) is 1. The smallest absolute Gasteiger partial charge is 0.280 e. The molecular formula is C9H9N3OS. The van der Waals surface area contributed by atoms with E-state index in [1.165, 1.54) is 0 Å². The molecule has 0 atom stereocenters. The SMILES string of the molecule is Cc1ccccc1C(=O)N=C(N)N=S. The lowest BCUT2D eigenvalue weighted by atomic mass is 10.1. The largest absolute Gasteiger partial charge is 0.367 e. The first-order valence-electron chi connectivity index (χ1n) is 3.92. The van der Waals surface area contributed by atoms with E-state index >= 15 is 0 Å². The van der Waals surface area contributed by atoms with E-state index < -0.39 is 5.91 Å². The van der Waals surface area contributed by atoms with E-state index in [1.807, 2.05) is 19.1 Å². The second-order valence-corrected chi connectivity index (χ2v) is 2.86. The summed E-state index contributed by atoms with van der Waals surface area (Å²) in [6.45, 7) is 1.82. The van der Waals surface area contributed by atoms with Crippen LogP contribution in [0.4, 0.5) is 0 Å². The molecule has 0 bridgehead atoms. The molecule has 1 amide bonds. The van der Waals surface area contributed by atoms with Gasteiger partial charge >= 0.3 is 0 Å². The number of carbonyl (C=O) groups is 1. The molecule has 0 spiro atoms. The van der Waals surface area contributed by atoms with Crippen molar-refractivity contribution in [1.29, 1.82) is 0 Å². The maximum Gasteiger partial charge on any atom is 0.280 e. The zero-order valence-electron chi connectivity index (χ0n) is 7.60. The number of aryl methyl sites for hydroxylation is 1. The van der Waals surface area contributed by atoms with Gasteiger partial charge in [-0.1, -0.05) is 18.2 Å². The third-order valence-corrected chi connectivity index (χ3v) is 1.87. The molecule has 0 saturated heterocycles. The third kappa shape index (κ3) is 2.43. The topological polar surface area (TPSA) is 67.8 Å². The van der Waals surface area contributed by atoms with Crippen LogP contribution in [0.25, 0.3) is 0 Å². The molecule has 0 aliphatic rings. The average molecular weight is 207 g/mol. The minimum atomic E-state index is -0.422. The number of guanidine groups is 1. The molecule has 0 aromatic heterocycles. The van der Waals surface area contributed by atoms with Crippen molar-refractivity contribution in [3.8, 4) is 0 Å². The van der Waals surface area contributed by atoms with E-state index in [2.05, 4.69) is 21.8 Å². The average Bonchev–Trinajstić information content (AvgIpc) is 2.18. The van der Waals surface area contributed by atoms with E-state index in [-0.39, 0.29) is 5.96 Å². The number of nitrogens with zero attached hydrogens (tertiary/aromatic N) is 2. The number of carbonyl (C=O) groups excluding carboxylic acids is 1. The van der Waals surface area contributed by atoms with Gasteiger partial charge in [0.2, 0.25) is 5.96 Å². The molecule has 0 radical (unpaired) electrons. The van der Waals surface area contributed by atoms with Crippen molar-refractivity contribution < 1.29 is 4.79 Å². The normalized spacial score (nSPS) is 11.1. The highest BCUT2D eigenvalue weighted by Crippen LogP contribution is 2.08. The molecular weight excluding hydrogens is 198 g/mol. The van der Waals surface area contributed by atoms with Crippen LogP contribution in [0.2, 0.25) is 0 Å². The van der Waals surface area contributed by atoms with Gasteiger partial charge in [0.25, 0.3) is 5.91 Å². The first-order chi connectivity index (χ1) is 6.65. The molecule has 5 heteroatoms. The summed E-state index contributed by atoms with van der Waals surface area (Å²) in [5, 5.41) is 0. The van der Waals surface area contributed by atoms with E-state index in [4.69, 9.17) is 5.73 Å². The molecule has 1 aromatic carbocycles. The minimum Gasteiger partial charge on any atom is -0.367 e. The van der Waals surface area contributed by atoms with Crippen molar-refractivity contribution in [2.45, 2.75) is 6.92 Å². The van der Waals surface area contributed by atoms with E-state index in [1.54, 1.807) is 12.1 Å². The van der Waals surface area contributed by atoms with Gasteiger partial charge in [0.05, 0.1) is 0 Å². The summed E-state index contributed by atoms with van der Waals surface area (Å²) >= 11 is 4.29. The van der Waals surface area contributed by atoms with Gasteiger partial charge in [-0.15, -0.1) is 4.36 Å². The summed E-state index contributed by atoms with van der Waals surface area (Å²) in [5.41, 5.74) is 6.57. The Morgan fingerprint density at radius 1 is 1.43 bits per heavy atom. The molecule has 72 valence electrons. The summed E-state index contributed by atoms with van der Waals surface area (Å²) in [7, 11) is 0. The van der Waals surface area contributed by atoms with Gasteiger partial charge in [0, 0.05) is 18.0 Å². The van der Waals surface area contributed by atoms with Gasteiger partial charge < -0.3 is 5.73 Å². The molecule has 0 heterocycles. The molecule has 0 aliphatic heterocycles. The lowest BCUT2D eigenvalue weighted by molar-refractivity contribution is 0.100. The van der Waals surface area contributed by atoms with Crippen molar-refractivity contribution in [2.75, 3.05) is 0 Å². The lowest BCUT2D eigenvalue weighted by Gasteiger charge is -1.99. The fraction of sp³-hybridized carbons (Fsp3) is 0.111. The number of hydrogen-bond acceptors (Lipinski definition) is 2. The number of amides is 1. The summed E-state index contributed by atoms with van der Waals surface area (Å²) in [5.74, 6) is -0.609. The Labute approximate surface area is 87.0 Å². The first-order valence-corrected chi connectivity index (χ1v) is 4.29. The Morgan fingerprint density at radius 2 is 2.07 bits per heavy atom.